The van der Waals surface area contributed by atoms with E-state index in [9.17, 15) is 14.7 Å². The molecule has 0 spiro atoms. The number of aliphatic hydroxyl groups is 1. The van der Waals surface area contributed by atoms with E-state index in [1.807, 2.05) is 36.1 Å². The summed E-state index contributed by atoms with van der Waals surface area (Å²) in [4.78, 5) is 30.8. The van der Waals surface area contributed by atoms with Gasteiger partial charge >= 0.3 is 0 Å². The summed E-state index contributed by atoms with van der Waals surface area (Å²) in [7, 11) is 3.52. The van der Waals surface area contributed by atoms with E-state index in [0.717, 1.165) is 43.6 Å². The molecule has 6 heteroatoms. The van der Waals surface area contributed by atoms with Gasteiger partial charge in [0.25, 0.3) is 5.91 Å². The highest BCUT2D eigenvalue weighted by molar-refractivity contribution is 5.95. The highest BCUT2D eigenvalue weighted by atomic mass is 16.3. The molecule has 2 aromatic carbocycles. The molecule has 2 saturated heterocycles. The Morgan fingerprint density at radius 1 is 1.03 bits per heavy atom. The van der Waals surface area contributed by atoms with Crippen LogP contribution in [0.4, 0.5) is 0 Å². The number of aliphatic hydroxyl groups excluding tert-OH is 1. The van der Waals surface area contributed by atoms with E-state index in [1.54, 1.807) is 19.0 Å². The summed E-state index contributed by atoms with van der Waals surface area (Å²) in [6.07, 6.45) is 2.60. The van der Waals surface area contributed by atoms with E-state index in [1.165, 1.54) is 5.56 Å². The number of fused-ring (bicyclic) bond motifs is 1. The zero-order valence-electron chi connectivity index (χ0n) is 19.9. The predicted octanol–water partition coefficient (Wildman–Crippen LogP) is 3.22. The lowest BCUT2D eigenvalue weighted by Crippen LogP contribution is -2.67. The molecule has 0 bridgehead atoms. The SMILES string of the molecule is CCC(=O)N1CCCCN2[C@H](CO)[C@H](c3ccc(-c4cccc(C(=O)N(C)C)c4)cc3)[C@@H]2C1. The third kappa shape index (κ3) is 4.68. The Hall–Kier alpha value is -2.70. The highest BCUT2D eigenvalue weighted by Gasteiger charge is 2.49. The van der Waals surface area contributed by atoms with Gasteiger partial charge in [0.2, 0.25) is 5.91 Å². The summed E-state index contributed by atoms with van der Waals surface area (Å²) in [6, 6.07) is 16.5. The lowest BCUT2D eigenvalue weighted by Gasteiger charge is -2.57. The summed E-state index contributed by atoms with van der Waals surface area (Å²) in [5, 5.41) is 10.1. The number of carbonyl (C=O) groups excluding carboxylic acids is 2. The second-order valence-electron chi connectivity index (χ2n) is 9.38. The Balaban J connectivity index is 1.57. The van der Waals surface area contributed by atoms with Gasteiger partial charge in [-0.05, 0) is 48.2 Å². The third-order valence-corrected chi connectivity index (χ3v) is 7.17. The average molecular weight is 450 g/mol. The Bertz CT molecular complexity index is 988. The van der Waals surface area contributed by atoms with Crippen molar-refractivity contribution in [1.29, 1.82) is 0 Å². The van der Waals surface area contributed by atoms with Crippen LogP contribution in [0.1, 0.15) is 48.0 Å². The first-order valence-corrected chi connectivity index (χ1v) is 12.0. The second-order valence-corrected chi connectivity index (χ2v) is 9.38. The fraction of sp³-hybridized carbons (Fsp3) is 0.481. The van der Waals surface area contributed by atoms with Crippen LogP contribution in [0.5, 0.6) is 0 Å². The minimum Gasteiger partial charge on any atom is -0.395 e. The quantitative estimate of drug-likeness (QED) is 0.761. The molecule has 1 N–H and O–H groups in total. The standard InChI is InChI=1S/C27H35N3O3/c1-4-25(32)29-14-5-6-15-30-23(17-29)26(24(30)18-31)20-12-10-19(11-13-20)21-8-7-9-22(16-21)27(33)28(2)3/h7-13,16,23-24,26,31H,4-6,14-15,17-18H2,1-3H3/t23-,24+,26+/m0/s1. The van der Waals surface area contributed by atoms with Gasteiger partial charge in [-0.2, -0.15) is 0 Å². The molecule has 0 unspecified atom stereocenters. The van der Waals surface area contributed by atoms with Crippen molar-refractivity contribution in [3.63, 3.8) is 0 Å². The zero-order valence-corrected chi connectivity index (χ0v) is 19.9. The van der Waals surface area contributed by atoms with Crippen LogP contribution < -0.4 is 0 Å². The van der Waals surface area contributed by atoms with E-state index >= 15 is 0 Å². The zero-order chi connectivity index (χ0) is 23.5. The molecule has 3 atom stereocenters. The van der Waals surface area contributed by atoms with Crippen LogP contribution in [0.15, 0.2) is 48.5 Å². The summed E-state index contributed by atoms with van der Waals surface area (Å²) in [5.41, 5.74) is 3.94. The summed E-state index contributed by atoms with van der Waals surface area (Å²) >= 11 is 0. The van der Waals surface area contributed by atoms with Gasteiger partial charge in [-0.3, -0.25) is 14.5 Å². The molecule has 4 rings (SSSR count). The van der Waals surface area contributed by atoms with Crippen molar-refractivity contribution < 1.29 is 14.7 Å². The van der Waals surface area contributed by atoms with Crippen molar-refractivity contribution in [2.75, 3.05) is 40.3 Å². The summed E-state index contributed by atoms with van der Waals surface area (Å²) < 4.78 is 0. The fourth-order valence-corrected chi connectivity index (χ4v) is 5.38. The molecule has 2 aliphatic heterocycles. The van der Waals surface area contributed by atoms with Gasteiger partial charge < -0.3 is 14.9 Å². The molecular formula is C27H35N3O3. The van der Waals surface area contributed by atoms with E-state index in [4.69, 9.17) is 0 Å². The Kier molecular flexibility index (Phi) is 7.15. The maximum absolute atomic E-state index is 12.5. The molecule has 176 valence electrons. The largest absolute Gasteiger partial charge is 0.395 e. The highest BCUT2D eigenvalue weighted by Crippen LogP contribution is 2.42. The molecule has 2 fully saturated rings. The van der Waals surface area contributed by atoms with Crippen LogP contribution in [0.25, 0.3) is 11.1 Å². The number of amides is 2. The molecule has 2 aromatic rings. The topological polar surface area (TPSA) is 64.1 Å². The van der Waals surface area contributed by atoms with Crippen LogP contribution in [-0.2, 0) is 4.79 Å². The van der Waals surface area contributed by atoms with Gasteiger partial charge in [0, 0.05) is 57.2 Å². The van der Waals surface area contributed by atoms with Crippen molar-refractivity contribution in [1.82, 2.24) is 14.7 Å². The van der Waals surface area contributed by atoms with Crippen molar-refractivity contribution in [2.45, 2.75) is 44.2 Å². The van der Waals surface area contributed by atoms with Gasteiger partial charge in [-0.1, -0.05) is 43.3 Å². The monoisotopic (exact) mass is 449 g/mol. The molecule has 33 heavy (non-hydrogen) atoms. The van der Waals surface area contributed by atoms with E-state index in [0.29, 0.717) is 12.0 Å². The maximum Gasteiger partial charge on any atom is 0.253 e. The lowest BCUT2D eigenvalue weighted by atomic mass is 9.74. The number of carbonyl (C=O) groups is 2. The van der Waals surface area contributed by atoms with Crippen molar-refractivity contribution >= 4 is 11.8 Å². The second kappa shape index (κ2) is 10.1. The lowest BCUT2D eigenvalue weighted by molar-refractivity contribution is -0.136. The fourth-order valence-electron chi connectivity index (χ4n) is 5.38. The van der Waals surface area contributed by atoms with Crippen LogP contribution >= 0.6 is 0 Å². The third-order valence-electron chi connectivity index (χ3n) is 7.17. The summed E-state index contributed by atoms with van der Waals surface area (Å²) in [5.74, 6) is 0.408. The molecule has 2 heterocycles. The number of nitrogens with zero attached hydrogens (tertiary/aromatic N) is 3. The van der Waals surface area contributed by atoms with E-state index in [-0.39, 0.29) is 36.4 Å². The van der Waals surface area contributed by atoms with Crippen molar-refractivity contribution in [3.8, 4) is 11.1 Å². The van der Waals surface area contributed by atoms with Gasteiger partial charge in [0.15, 0.2) is 0 Å². The Morgan fingerprint density at radius 2 is 1.76 bits per heavy atom. The van der Waals surface area contributed by atoms with Gasteiger partial charge in [-0.25, -0.2) is 0 Å². The number of hydrogen-bond acceptors (Lipinski definition) is 4. The Labute approximate surface area is 196 Å². The molecule has 0 aromatic heterocycles. The first kappa shape index (κ1) is 23.5. The van der Waals surface area contributed by atoms with E-state index in [2.05, 4.69) is 29.2 Å². The van der Waals surface area contributed by atoms with Crippen LogP contribution in [0, 0.1) is 0 Å². The van der Waals surface area contributed by atoms with Gasteiger partial charge in [-0.15, -0.1) is 0 Å². The minimum absolute atomic E-state index is 0.00993. The van der Waals surface area contributed by atoms with Gasteiger partial charge in [0.05, 0.1) is 6.61 Å². The molecule has 0 aliphatic carbocycles. The van der Waals surface area contributed by atoms with Crippen LogP contribution in [-0.4, -0.2) is 84.0 Å². The number of hydrogen-bond donors (Lipinski definition) is 1. The van der Waals surface area contributed by atoms with Crippen molar-refractivity contribution in [3.05, 3.63) is 59.7 Å². The molecule has 2 aliphatic rings. The predicted molar refractivity (Wildman–Crippen MR) is 130 cm³/mol. The Morgan fingerprint density at radius 3 is 2.42 bits per heavy atom. The van der Waals surface area contributed by atoms with Crippen molar-refractivity contribution in [2.24, 2.45) is 0 Å². The van der Waals surface area contributed by atoms with Crippen LogP contribution in [0.2, 0.25) is 0 Å². The normalized spacial score (nSPS) is 23.2. The molecule has 0 radical (unpaired) electrons. The number of benzene rings is 2. The molecule has 0 saturated carbocycles. The van der Waals surface area contributed by atoms with E-state index < -0.39 is 0 Å². The minimum atomic E-state index is -0.00993. The summed E-state index contributed by atoms with van der Waals surface area (Å²) in [6.45, 7) is 4.58. The molecule has 2 amide bonds. The van der Waals surface area contributed by atoms with Crippen LogP contribution in [0.3, 0.4) is 0 Å². The first-order valence-electron chi connectivity index (χ1n) is 12.0. The smallest absolute Gasteiger partial charge is 0.253 e. The number of rotatable bonds is 5. The molecule has 6 nitrogen and oxygen atoms in total. The molecular weight excluding hydrogens is 414 g/mol. The van der Waals surface area contributed by atoms with Gasteiger partial charge in [0.1, 0.15) is 0 Å². The average Bonchev–Trinajstić information content (AvgIpc) is 2.82. The maximum atomic E-state index is 12.5. The first-order chi connectivity index (χ1) is 15.9.